The van der Waals surface area contributed by atoms with Crippen molar-refractivity contribution >= 4 is 5.97 Å². The Hall–Kier alpha value is -0.610. The number of quaternary nitrogens is 1. The van der Waals surface area contributed by atoms with E-state index in [1.807, 2.05) is 0 Å². The van der Waals surface area contributed by atoms with Gasteiger partial charge in [0.1, 0.15) is 0 Å². The molecule has 0 rings (SSSR count). The van der Waals surface area contributed by atoms with Crippen LogP contribution < -0.4 is 5.11 Å². The Morgan fingerprint density at radius 3 is 1.67 bits per heavy atom. The predicted molar refractivity (Wildman–Crippen MR) is 75.2 cm³/mol. The Balaban J connectivity index is 0. The maximum Gasteiger partial charge on any atom is 0.0786 e. The molecule has 0 aromatic heterocycles. The third kappa shape index (κ3) is 10.5. The highest BCUT2D eigenvalue weighted by atomic mass is 16.4. The van der Waals surface area contributed by atoms with Crippen molar-refractivity contribution in [3.05, 3.63) is 0 Å². The summed E-state index contributed by atoms with van der Waals surface area (Å²) < 4.78 is 1.31. The first kappa shape index (κ1) is 19.7. The van der Waals surface area contributed by atoms with Crippen LogP contribution in [0.15, 0.2) is 0 Å². The Morgan fingerprint density at radius 2 is 1.50 bits per heavy atom. The van der Waals surface area contributed by atoms with Crippen LogP contribution in [0.25, 0.3) is 0 Å². The minimum absolute atomic E-state index is 0. The third-order valence-electron chi connectivity index (χ3n) is 3.44. The highest BCUT2D eigenvalue weighted by molar-refractivity contribution is 5.66. The topological polar surface area (TPSA) is 43.4 Å². The number of carbonyl (C=O) groups is 1. The van der Waals surface area contributed by atoms with Crippen LogP contribution in [0.1, 0.15) is 40.5 Å². The average Bonchev–Trinajstić information content (AvgIpc) is 2.31. The van der Waals surface area contributed by atoms with Crippen molar-refractivity contribution in [2.75, 3.05) is 46.8 Å². The maximum atomic E-state index is 9.66. The summed E-state index contributed by atoms with van der Waals surface area (Å²) in [7, 11) is 3.35. The minimum Gasteiger partial charge on any atom is -0.549 e. The first-order valence-corrected chi connectivity index (χ1v) is 7.07. The van der Waals surface area contributed by atoms with Crippen LogP contribution in [-0.4, -0.2) is 62.2 Å². The summed E-state index contributed by atoms with van der Waals surface area (Å²) >= 11 is 0. The number of aliphatic carboxylic acids is 1. The lowest BCUT2D eigenvalue weighted by Crippen LogP contribution is -2.48. The van der Waals surface area contributed by atoms with Gasteiger partial charge in [-0.2, -0.15) is 0 Å². The van der Waals surface area contributed by atoms with Gasteiger partial charge < -0.3 is 19.3 Å². The van der Waals surface area contributed by atoms with E-state index in [0.29, 0.717) is 0 Å². The largest absolute Gasteiger partial charge is 0.549 e. The van der Waals surface area contributed by atoms with Gasteiger partial charge in [-0.3, -0.25) is 0 Å². The van der Waals surface area contributed by atoms with E-state index in [-0.39, 0.29) is 6.54 Å². The number of rotatable bonds is 8. The normalized spacial score (nSPS) is 11.1. The lowest BCUT2D eigenvalue weighted by Gasteiger charge is -2.35. The third-order valence-corrected chi connectivity index (χ3v) is 3.44. The molecule has 0 atom stereocenters. The first-order chi connectivity index (χ1) is 8.37. The summed E-state index contributed by atoms with van der Waals surface area (Å²) in [5.41, 5.74) is 0. The summed E-state index contributed by atoms with van der Waals surface area (Å²) in [4.78, 5) is 11.2. The van der Waals surface area contributed by atoms with Gasteiger partial charge in [-0.1, -0.05) is 13.3 Å². The Kier molecular flexibility index (Phi) is 12.6. The first-order valence-electron chi connectivity index (χ1n) is 7.07. The molecule has 0 aliphatic carbocycles. The van der Waals surface area contributed by atoms with Gasteiger partial charge in [-0.15, -0.1) is 0 Å². The summed E-state index contributed by atoms with van der Waals surface area (Å²) in [6, 6.07) is 0. The van der Waals surface area contributed by atoms with Crippen LogP contribution in [0, 0.1) is 0 Å². The number of carboxylic acid groups (broad SMARTS) is 1. The zero-order chi connectivity index (χ0) is 14.6. The van der Waals surface area contributed by atoms with Gasteiger partial charge in [0.25, 0.3) is 0 Å². The molecule has 0 unspecified atom stereocenters. The fourth-order valence-electron chi connectivity index (χ4n) is 1.90. The number of hydrogen-bond donors (Lipinski definition) is 0. The Bertz CT molecular complexity index is 194. The number of nitrogens with zero attached hydrogens (tertiary/aromatic N) is 2. The van der Waals surface area contributed by atoms with Crippen LogP contribution >= 0.6 is 0 Å². The molecule has 0 bridgehead atoms. The van der Waals surface area contributed by atoms with E-state index in [0.717, 1.165) is 0 Å². The number of hydrogen-bond acceptors (Lipinski definition) is 3. The van der Waals surface area contributed by atoms with Gasteiger partial charge in [-0.25, -0.2) is 0 Å². The predicted octanol–water partition coefficient (Wildman–Crippen LogP) is 0.961. The molecule has 0 radical (unpaired) electrons. The zero-order valence-electron chi connectivity index (χ0n) is 13.2. The smallest absolute Gasteiger partial charge is 0.0786 e. The van der Waals surface area contributed by atoms with Crippen molar-refractivity contribution in [2.45, 2.75) is 40.5 Å². The second-order valence-electron chi connectivity index (χ2n) is 4.98. The summed E-state index contributed by atoms with van der Waals surface area (Å²) in [5.74, 6) is -1.04. The van der Waals surface area contributed by atoms with Crippen LogP contribution in [0.3, 0.4) is 0 Å². The highest BCUT2D eigenvalue weighted by Gasteiger charge is 2.18. The van der Waals surface area contributed by atoms with E-state index in [2.05, 4.69) is 27.7 Å². The molecule has 0 amide bonds. The van der Waals surface area contributed by atoms with Crippen molar-refractivity contribution in [2.24, 2.45) is 0 Å². The van der Waals surface area contributed by atoms with Crippen molar-refractivity contribution in [1.29, 1.82) is 0 Å². The van der Waals surface area contributed by atoms with Crippen molar-refractivity contribution in [3.63, 3.8) is 0 Å². The molecule has 0 N–H and O–H groups in total. The fourth-order valence-corrected chi connectivity index (χ4v) is 1.90. The summed E-state index contributed by atoms with van der Waals surface area (Å²) in [6.07, 6.45) is 2.72. The minimum atomic E-state index is -1.04. The van der Waals surface area contributed by atoms with Gasteiger partial charge in [0.05, 0.1) is 32.1 Å². The van der Waals surface area contributed by atoms with Gasteiger partial charge >= 0.3 is 0 Å². The lowest BCUT2D eigenvalue weighted by atomic mass is 10.2. The van der Waals surface area contributed by atoms with Crippen molar-refractivity contribution < 1.29 is 14.4 Å². The molecule has 0 heterocycles. The van der Waals surface area contributed by atoms with Crippen LogP contribution in [0.2, 0.25) is 0 Å². The monoisotopic (exact) mass is 260 g/mol. The van der Waals surface area contributed by atoms with Crippen LogP contribution in [0.4, 0.5) is 0 Å². The fraction of sp³-hybridized carbons (Fsp3) is 0.929. The second-order valence-corrected chi connectivity index (χ2v) is 4.98. The van der Waals surface area contributed by atoms with Gasteiger partial charge in [-0.05, 0) is 41.3 Å². The van der Waals surface area contributed by atoms with Gasteiger partial charge in [0, 0.05) is 6.54 Å². The molecule has 4 heteroatoms. The molecule has 0 saturated heterocycles. The molecule has 0 saturated carbocycles. The molecule has 0 aliphatic heterocycles. The number of unbranched alkanes of at least 4 members (excludes halogenated alkanes) is 1. The van der Waals surface area contributed by atoms with Crippen LogP contribution in [0.5, 0.6) is 0 Å². The molecular formula is C14H32N2O2. The van der Waals surface area contributed by atoms with Gasteiger partial charge in [0.2, 0.25) is 0 Å². The Morgan fingerprint density at radius 1 is 1.06 bits per heavy atom. The number of carbonyl (C=O) groups excluding carboxylic acids is 1. The molecule has 18 heavy (non-hydrogen) atoms. The number of carboxylic acids is 1. The maximum absolute atomic E-state index is 9.66. The van der Waals surface area contributed by atoms with E-state index in [4.69, 9.17) is 0 Å². The molecule has 0 fully saturated rings. The highest BCUT2D eigenvalue weighted by Crippen LogP contribution is 2.07. The zero-order valence-corrected chi connectivity index (χ0v) is 13.2. The lowest BCUT2D eigenvalue weighted by molar-refractivity contribution is -0.923. The summed E-state index contributed by atoms with van der Waals surface area (Å²) in [5, 5.41) is 9.66. The Labute approximate surface area is 113 Å². The molecular weight excluding hydrogens is 228 g/mol. The SMILES string of the molecule is CCCC[N+](CC)(CC)CC.CN(C)CC(=O)[O-]. The van der Waals surface area contributed by atoms with E-state index >= 15 is 0 Å². The molecule has 0 spiro atoms. The summed E-state index contributed by atoms with van der Waals surface area (Å²) in [6.45, 7) is 14.5. The molecule has 0 aliphatic rings. The average molecular weight is 260 g/mol. The van der Waals surface area contributed by atoms with Gasteiger partial charge in [0.15, 0.2) is 0 Å². The molecule has 4 nitrogen and oxygen atoms in total. The second kappa shape index (κ2) is 11.5. The van der Waals surface area contributed by atoms with Crippen molar-refractivity contribution in [3.8, 4) is 0 Å². The van der Waals surface area contributed by atoms with E-state index in [9.17, 15) is 9.90 Å². The van der Waals surface area contributed by atoms with Crippen LogP contribution in [-0.2, 0) is 4.79 Å². The van der Waals surface area contributed by atoms with E-state index in [1.54, 1.807) is 14.1 Å². The van der Waals surface area contributed by atoms with E-state index < -0.39 is 5.97 Å². The van der Waals surface area contributed by atoms with Crippen molar-refractivity contribution in [1.82, 2.24) is 4.90 Å². The standard InChI is InChI=1S/C10H24N.C4H9NO2/c1-5-9-10-11(6-2,7-3)8-4;1-5(2)3-4(6)7/h5-10H2,1-4H3;3H2,1-2H3,(H,6,7)/q+1;/p-1. The quantitative estimate of drug-likeness (QED) is 0.611. The van der Waals surface area contributed by atoms with E-state index in [1.165, 1.54) is 48.4 Å². The molecule has 0 aromatic rings. The number of likely N-dealkylation sites (N-methyl/N-ethyl adjacent to an activating group) is 1. The molecule has 0 aromatic carbocycles. The molecule has 110 valence electrons.